The molecule has 1 aromatic heterocycles. The Morgan fingerprint density at radius 1 is 1.08 bits per heavy atom. The molecule has 26 heavy (non-hydrogen) atoms. The fourth-order valence-corrected chi connectivity index (χ4v) is 4.08. The topological polar surface area (TPSA) is 65.5 Å². The van der Waals surface area contributed by atoms with E-state index in [0.717, 1.165) is 42.4 Å². The summed E-state index contributed by atoms with van der Waals surface area (Å²) in [6.07, 6.45) is 0.713. The van der Waals surface area contributed by atoms with Crippen molar-refractivity contribution in [3.05, 3.63) is 11.1 Å². The van der Waals surface area contributed by atoms with Gasteiger partial charge in [-0.15, -0.1) is 11.3 Å². The van der Waals surface area contributed by atoms with Gasteiger partial charge in [0, 0.05) is 37.5 Å². The van der Waals surface area contributed by atoms with Gasteiger partial charge in [-0.25, -0.2) is 9.78 Å². The number of nitrogens with one attached hydrogen (secondary N) is 1. The number of piperazine rings is 1. The average molecular weight is 390 g/mol. The summed E-state index contributed by atoms with van der Waals surface area (Å²) in [4.78, 5) is 31.4. The van der Waals surface area contributed by atoms with Crippen molar-refractivity contribution in [2.45, 2.75) is 38.3 Å². The van der Waals surface area contributed by atoms with Crippen LogP contribution in [0.5, 0.6) is 0 Å². The number of nitrogens with zero attached hydrogens (tertiary/aromatic N) is 3. The molecule has 1 saturated heterocycles. The molecule has 2 heterocycles. The number of rotatable bonds is 2. The maximum atomic E-state index is 12.5. The van der Waals surface area contributed by atoms with E-state index < -0.39 is 17.9 Å². The number of carbonyl (C=O) groups excluding carboxylic acids is 2. The molecular weight excluding hydrogens is 369 g/mol. The molecule has 1 aromatic rings. The van der Waals surface area contributed by atoms with Crippen LogP contribution in [0, 0.1) is 5.92 Å². The fourth-order valence-electron chi connectivity index (χ4n) is 3.37. The normalized spacial score (nSPS) is 19.5. The monoisotopic (exact) mass is 390 g/mol. The van der Waals surface area contributed by atoms with Gasteiger partial charge in [0.2, 0.25) is 5.91 Å². The van der Waals surface area contributed by atoms with Crippen LogP contribution in [0.25, 0.3) is 0 Å². The number of halogens is 3. The molecule has 1 N–H and O–H groups in total. The zero-order valence-electron chi connectivity index (χ0n) is 14.2. The average Bonchev–Trinajstić information content (AvgIpc) is 3.11. The van der Waals surface area contributed by atoms with E-state index in [1.54, 1.807) is 4.90 Å². The van der Waals surface area contributed by atoms with Crippen molar-refractivity contribution in [3.8, 4) is 0 Å². The van der Waals surface area contributed by atoms with Gasteiger partial charge >= 0.3 is 12.2 Å². The van der Waals surface area contributed by atoms with Crippen molar-refractivity contribution >= 4 is 28.4 Å². The van der Waals surface area contributed by atoms with Crippen LogP contribution in [0.1, 0.15) is 37.8 Å². The number of alkyl halides is 3. The Balaban J connectivity index is 1.49. The van der Waals surface area contributed by atoms with Crippen LogP contribution in [0.4, 0.5) is 23.1 Å². The van der Waals surface area contributed by atoms with Crippen molar-refractivity contribution < 1.29 is 22.8 Å². The molecule has 3 rings (SSSR count). The molecule has 2 fully saturated rings. The molecule has 0 spiro atoms. The van der Waals surface area contributed by atoms with Gasteiger partial charge in [0.1, 0.15) is 0 Å². The Morgan fingerprint density at radius 3 is 2.27 bits per heavy atom. The number of amides is 3. The van der Waals surface area contributed by atoms with Crippen LogP contribution < -0.4 is 5.32 Å². The van der Waals surface area contributed by atoms with Gasteiger partial charge in [-0.1, -0.05) is 19.3 Å². The van der Waals surface area contributed by atoms with E-state index in [1.807, 2.05) is 0 Å². The van der Waals surface area contributed by atoms with Gasteiger partial charge in [-0.05, 0) is 12.8 Å². The van der Waals surface area contributed by atoms with E-state index in [1.165, 1.54) is 11.3 Å². The second kappa shape index (κ2) is 7.81. The zero-order valence-corrected chi connectivity index (χ0v) is 15.0. The number of thiazole rings is 1. The summed E-state index contributed by atoms with van der Waals surface area (Å²) in [5.41, 5.74) is -1.01. The predicted molar refractivity (Wildman–Crippen MR) is 90.9 cm³/mol. The van der Waals surface area contributed by atoms with E-state index in [4.69, 9.17) is 0 Å². The lowest BCUT2D eigenvalue weighted by atomic mass is 9.88. The van der Waals surface area contributed by atoms with E-state index in [-0.39, 0.29) is 17.0 Å². The first kappa shape index (κ1) is 18.9. The Morgan fingerprint density at radius 2 is 1.69 bits per heavy atom. The molecule has 1 aliphatic carbocycles. The molecule has 1 aliphatic heterocycles. The van der Waals surface area contributed by atoms with E-state index in [0.29, 0.717) is 26.2 Å². The Hall–Kier alpha value is -1.84. The minimum atomic E-state index is -4.52. The molecule has 0 bridgehead atoms. The Labute approximate surface area is 153 Å². The van der Waals surface area contributed by atoms with Gasteiger partial charge < -0.3 is 9.80 Å². The summed E-state index contributed by atoms with van der Waals surface area (Å²) >= 11 is 0.739. The van der Waals surface area contributed by atoms with Gasteiger partial charge in [0.05, 0.1) is 0 Å². The molecule has 0 radical (unpaired) electrons. The van der Waals surface area contributed by atoms with Crippen LogP contribution in [0.15, 0.2) is 5.38 Å². The molecule has 3 amide bonds. The maximum absolute atomic E-state index is 12.5. The molecule has 0 aromatic carbocycles. The SMILES string of the molecule is O=C(Nc1nc(C(F)(F)F)cs1)N1CCN(C(=O)C2CCCCC2)CC1. The molecular formula is C16H21F3N4O2S. The number of hydrogen-bond acceptors (Lipinski definition) is 4. The highest BCUT2D eigenvalue weighted by Gasteiger charge is 2.34. The van der Waals surface area contributed by atoms with Gasteiger partial charge in [0.25, 0.3) is 0 Å². The number of anilines is 1. The third-order valence-corrected chi connectivity index (χ3v) is 5.60. The number of carbonyl (C=O) groups is 2. The minimum Gasteiger partial charge on any atom is -0.339 e. The van der Waals surface area contributed by atoms with Crippen LogP contribution in [0.3, 0.4) is 0 Å². The summed E-state index contributed by atoms with van der Waals surface area (Å²) in [6, 6.07) is -0.488. The number of aromatic nitrogens is 1. The third kappa shape index (κ3) is 4.46. The zero-order chi connectivity index (χ0) is 18.7. The van der Waals surface area contributed by atoms with E-state index in [2.05, 4.69) is 10.3 Å². The molecule has 6 nitrogen and oxygen atoms in total. The lowest BCUT2D eigenvalue weighted by Crippen LogP contribution is -2.53. The first-order valence-corrected chi connectivity index (χ1v) is 9.60. The molecule has 144 valence electrons. The molecule has 10 heteroatoms. The second-order valence-electron chi connectivity index (χ2n) is 6.61. The van der Waals surface area contributed by atoms with Crippen LogP contribution >= 0.6 is 11.3 Å². The largest absolute Gasteiger partial charge is 0.434 e. The molecule has 2 aliphatic rings. The van der Waals surface area contributed by atoms with E-state index >= 15 is 0 Å². The van der Waals surface area contributed by atoms with E-state index in [9.17, 15) is 22.8 Å². The highest BCUT2D eigenvalue weighted by molar-refractivity contribution is 7.13. The fraction of sp³-hybridized carbons (Fsp3) is 0.688. The first-order chi connectivity index (χ1) is 12.3. The summed E-state index contributed by atoms with van der Waals surface area (Å²) in [7, 11) is 0. The standard InChI is InChI=1S/C16H21F3N4O2S/c17-16(18,19)12-10-26-14(20-12)21-15(25)23-8-6-22(7-9-23)13(24)11-4-2-1-3-5-11/h10-11H,1-9H2,(H,20,21,25). The number of hydrogen-bond donors (Lipinski definition) is 1. The first-order valence-electron chi connectivity index (χ1n) is 8.72. The quantitative estimate of drug-likeness (QED) is 0.842. The summed E-state index contributed by atoms with van der Waals surface area (Å²) in [5, 5.41) is 3.19. The maximum Gasteiger partial charge on any atom is 0.434 e. The van der Waals surface area contributed by atoms with Gasteiger partial charge in [-0.3, -0.25) is 10.1 Å². The van der Waals surface area contributed by atoms with Gasteiger partial charge in [-0.2, -0.15) is 13.2 Å². The minimum absolute atomic E-state index is 0.0805. The highest BCUT2D eigenvalue weighted by Crippen LogP contribution is 2.31. The predicted octanol–water partition coefficient (Wildman–Crippen LogP) is 3.42. The third-order valence-electron chi connectivity index (χ3n) is 4.84. The second-order valence-corrected chi connectivity index (χ2v) is 7.47. The Bertz CT molecular complexity index is 650. The van der Waals surface area contributed by atoms with Crippen LogP contribution in [-0.2, 0) is 11.0 Å². The lowest BCUT2D eigenvalue weighted by Gasteiger charge is -2.37. The Kier molecular flexibility index (Phi) is 5.69. The summed E-state index contributed by atoms with van der Waals surface area (Å²) in [5.74, 6) is 0.264. The lowest BCUT2D eigenvalue weighted by molar-refractivity contribution is -0.140. The van der Waals surface area contributed by atoms with Crippen molar-refractivity contribution in [2.75, 3.05) is 31.5 Å². The smallest absolute Gasteiger partial charge is 0.339 e. The molecule has 0 atom stereocenters. The van der Waals surface area contributed by atoms with Crippen molar-refractivity contribution in [1.29, 1.82) is 0 Å². The number of urea groups is 1. The van der Waals surface area contributed by atoms with Crippen molar-refractivity contribution in [3.63, 3.8) is 0 Å². The molecule has 1 saturated carbocycles. The molecule has 0 unspecified atom stereocenters. The van der Waals surface area contributed by atoms with Crippen molar-refractivity contribution in [2.24, 2.45) is 5.92 Å². The highest BCUT2D eigenvalue weighted by atomic mass is 32.1. The van der Waals surface area contributed by atoms with Gasteiger partial charge in [0.15, 0.2) is 10.8 Å². The van der Waals surface area contributed by atoms with Crippen molar-refractivity contribution in [1.82, 2.24) is 14.8 Å². The van der Waals surface area contributed by atoms with Crippen LogP contribution in [0.2, 0.25) is 0 Å². The van der Waals surface area contributed by atoms with Crippen LogP contribution in [-0.4, -0.2) is 52.9 Å². The summed E-state index contributed by atoms with van der Waals surface area (Å²) in [6.45, 7) is 1.63. The summed E-state index contributed by atoms with van der Waals surface area (Å²) < 4.78 is 37.6.